The number of anilines is 1. The Morgan fingerprint density at radius 3 is 2.40 bits per heavy atom. The Hall–Kier alpha value is -2.00. The van der Waals surface area contributed by atoms with Crippen LogP contribution in [0, 0.1) is 0 Å². The molecule has 0 bridgehead atoms. The lowest BCUT2D eigenvalue weighted by molar-refractivity contribution is 0.100. The van der Waals surface area contributed by atoms with E-state index in [1.165, 1.54) is 11.1 Å². The van der Waals surface area contributed by atoms with Gasteiger partial charge >= 0.3 is 0 Å². The molecule has 0 spiro atoms. The van der Waals surface area contributed by atoms with E-state index >= 15 is 0 Å². The molecule has 1 aliphatic rings. The summed E-state index contributed by atoms with van der Waals surface area (Å²) in [4.78, 5) is 11.2. The zero-order valence-electron chi connectivity index (χ0n) is 10.9. The molecule has 0 atom stereocenters. The highest BCUT2D eigenvalue weighted by Crippen LogP contribution is 2.28. The molecular weight excluding hydrogens is 272 g/mol. The molecule has 0 heterocycles. The Labute approximate surface area is 122 Å². The van der Waals surface area contributed by atoms with Gasteiger partial charge < -0.3 is 11.1 Å². The third-order valence-electron chi connectivity index (χ3n) is 3.66. The van der Waals surface area contributed by atoms with Crippen LogP contribution in [0.4, 0.5) is 5.69 Å². The molecule has 3 rings (SSSR count). The molecule has 102 valence electrons. The van der Waals surface area contributed by atoms with Crippen LogP contribution in [0.3, 0.4) is 0 Å². The Morgan fingerprint density at radius 2 is 1.80 bits per heavy atom. The summed E-state index contributed by atoms with van der Waals surface area (Å²) in [6, 6.07) is 13.8. The van der Waals surface area contributed by atoms with Crippen molar-refractivity contribution in [3.63, 3.8) is 0 Å². The lowest BCUT2D eigenvalue weighted by atomic mass is 10.1. The van der Waals surface area contributed by atoms with Gasteiger partial charge in [-0.25, -0.2) is 0 Å². The Balaban J connectivity index is 1.80. The van der Waals surface area contributed by atoms with Crippen molar-refractivity contribution in [2.75, 3.05) is 5.32 Å². The molecule has 0 fully saturated rings. The van der Waals surface area contributed by atoms with Gasteiger partial charge in [0.2, 0.25) is 5.91 Å². The molecule has 0 aromatic heterocycles. The minimum absolute atomic E-state index is 0.299. The number of carbonyl (C=O) groups excluding carboxylic acids is 1. The summed E-state index contributed by atoms with van der Waals surface area (Å²) in [5.41, 5.74) is 9.27. The Kier molecular flexibility index (Phi) is 3.36. The predicted octanol–water partition coefficient (Wildman–Crippen LogP) is 3.02. The number of rotatable bonds is 3. The molecule has 0 radical (unpaired) electrons. The summed E-state index contributed by atoms with van der Waals surface area (Å²) in [7, 11) is 0. The highest BCUT2D eigenvalue weighted by atomic mass is 35.5. The van der Waals surface area contributed by atoms with Crippen LogP contribution in [0.25, 0.3) is 0 Å². The molecule has 1 aliphatic carbocycles. The third kappa shape index (κ3) is 2.49. The van der Waals surface area contributed by atoms with Crippen molar-refractivity contribution in [2.45, 2.75) is 18.9 Å². The maximum atomic E-state index is 11.2. The Morgan fingerprint density at radius 1 is 1.15 bits per heavy atom. The Bertz CT molecular complexity index is 644. The number of halogens is 1. The fourth-order valence-electron chi connectivity index (χ4n) is 2.67. The van der Waals surface area contributed by atoms with Gasteiger partial charge in [-0.05, 0) is 42.2 Å². The molecule has 0 unspecified atom stereocenters. The molecule has 3 N–H and O–H groups in total. The lowest BCUT2D eigenvalue weighted by Crippen LogP contribution is -2.20. The zero-order chi connectivity index (χ0) is 14.1. The van der Waals surface area contributed by atoms with Crippen molar-refractivity contribution in [1.29, 1.82) is 0 Å². The summed E-state index contributed by atoms with van der Waals surface area (Å²) in [6.45, 7) is 0. The predicted molar refractivity (Wildman–Crippen MR) is 81.2 cm³/mol. The number of hydrogen-bond donors (Lipinski definition) is 2. The quantitative estimate of drug-likeness (QED) is 0.911. The fraction of sp³-hybridized carbons (Fsp3) is 0.188. The van der Waals surface area contributed by atoms with E-state index in [1.807, 2.05) is 0 Å². The largest absolute Gasteiger partial charge is 0.380 e. The van der Waals surface area contributed by atoms with E-state index in [-0.39, 0.29) is 0 Å². The number of primary amides is 1. The van der Waals surface area contributed by atoms with Crippen molar-refractivity contribution < 1.29 is 4.79 Å². The lowest BCUT2D eigenvalue weighted by Gasteiger charge is -2.15. The molecule has 1 amide bonds. The van der Waals surface area contributed by atoms with Crippen LogP contribution in [0.5, 0.6) is 0 Å². The number of benzene rings is 2. The van der Waals surface area contributed by atoms with Gasteiger partial charge in [0.1, 0.15) is 0 Å². The highest BCUT2D eigenvalue weighted by Gasteiger charge is 2.21. The normalized spacial score (nSPS) is 14.1. The maximum absolute atomic E-state index is 11.2. The zero-order valence-corrected chi connectivity index (χ0v) is 11.7. The molecule has 20 heavy (non-hydrogen) atoms. The average Bonchev–Trinajstić information content (AvgIpc) is 2.83. The smallest absolute Gasteiger partial charge is 0.248 e. The van der Waals surface area contributed by atoms with Gasteiger partial charge in [-0.1, -0.05) is 35.9 Å². The number of amides is 1. The van der Waals surface area contributed by atoms with E-state index in [9.17, 15) is 4.79 Å². The van der Waals surface area contributed by atoms with Crippen LogP contribution in [0.15, 0.2) is 42.5 Å². The molecular formula is C16H15ClN2O. The monoisotopic (exact) mass is 286 g/mol. The fourth-order valence-corrected chi connectivity index (χ4v) is 2.84. The van der Waals surface area contributed by atoms with Gasteiger partial charge in [0.05, 0.1) is 10.7 Å². The van der Waals surface area contributed by atoms with Crippen LogP contribution in [0.2, 0.25) is 5.02 Å². The molecule has 0 saturated carbocycles. The first-order valence-electron chi connectivity index (χ1n) is 6.56. The molecule has 3 nitrogen and oxygen atoms in total. The molecule has 4 heteroatoms. The second-order valence-corrected chi connectivity index (χ2v) is 5.48. The number of carbonyl (C=O) groups is 1. The topological polar surface area (TPSA) is 55.1 Å². The standard InChI is InChI=1S/C16H15ClN2O/c17-14-6-5-12(16(18)20)9-15(14)19-13-7-10-3-1-2-4-11(10)8-13/h1-6,9,13,19H,7-8H2,(H2,18,20). The number of nitrogens with one attached hydrogen (secondary N) is 1. The van der Waals surface area contributed by atoms with E-state index in [2.05, 4.69) is 29.6 Å². The van der Waals surface area contributed by atoms with Crippen molar-refractivity contribution in [3.8, 4) is 0 Å². The molecule has 2 aromatic rings. The highest BCUT2D eigenvalue weighted by molar-refractivity contribution is 6.33. The van der Waals surface area contributed by atoms with E-state index in [0.29, 0.717) is 16.6 Å². The molecule has 2 aromatic carbocycles. The summed E-state index contributed by atoms with van der Waals surface area (Å²) < 4.78 is 0. The second kappa shape index (κ2) is 5.17. The SMILES string of the molecule is NC(=O)c1ccc(Cl)c(NC2Cc3ccccc3C2)c1. The number of fused-ring (bicyclic) bond motifs is 1. The van der Waals surface area contributed by atoms with Gasteiger partial charge in [0.15, 0.2) is 0 Å². The van der Waals surface area contributed by atoms with E-state index in [1.54, 1.807) is 18.2 Å². The van der Waals surface area contributed by atoms with Crippen LogP contribution in [-0.2, 0) is 12.8 Å². The van der Waals surface area contributed by atoms with Crippen LogP contribution in [0.1, 0.15) is 21.5 Å². The summed E-state index contributed by atoms with van der Waals surface area (Å²) in [6.07, 6.45) is 1.93. The van der Waals surface area contributed by atoms with E-state index in [0.717, 1.165) is 18.5 Å². The van der Waals surface area contributed by atoms with Gasteiger partial charge in [-0.3, -0.25) is 4.79 Å². The van der Waals surface area contributed by atoms with E-state index in [4.69, 9.17) is 17.3 Å². The summed E-state index contributed by atoms with van der Waals surface area (Å²) in [5, 5.41) is 4.01. The van der Waals surface area contributed by atoms with Gasteiger partial charge in [-0.15, -0.1) is 0 Å². The van der Waals surface area contributed by atoms with Crippen molar-refractivity contribution in [3.05, 3.63) is 64.2 Å². The minimum atomic E-state index is -0.445. The average molecular weight is 287 g/mol. The van der Waals surface area contributed by atoms with Gasteiger partial charge in [0.25, 0.3) is 0 Å². The van der Waals surface area contributed by atoms with Crippen LogP contribution in [-0.4, -0.2) is 11.9 Å². The van der Waals surface area contributed by atoms with E-state index < -0.39 is 5.91 Å². The second-order valence-electron chi connectivity index (χ2n) is 5.08. The van der Waals surface area contributed by atoms with Crippen molar-refractivity contribution in [1.82, 2.24) is 0 Å². The van der Waals surface area contributed by atoms with Crippen molar-refractivity contribution in [2.24, 2.45) is 5.73 Å². The third-order valence-corrected chi connectivity index (χ3v) is 3.99. The van der Waals surface area contributed by atoms with Gasteiger partial charge in [0, 0.05) is 11.6 Å². The number of nitrogens with two attached hydrogens (primary N) is 1. The first-order valence-corrected chi connectivity index (χ1v) is 6.94. The van der Waals surface area contributed by atoms with Crippen LogP contribution >= 0.6 is 11.6 Å². The minimum Gasteiger partial charge on any atom is -0.380 e. The first-order chi connectivity index (χ1) is 9.63. The number of hydrogen-bond acceptors (Lipinski definition) is 2. The summed E-state index contributed by atoms with van der Waals surface area (Å²) >= 11 is 6.18. The first kappa shape index (κ1) is 13.0. The maximum Gasteiger partial charge on any atom is 0.248 e. The molecule has 0 saturated heterocycles. The van der Waals surface area contributed by atoms with Gasteiger partial charge in [-0.2, -0.15) is 0 Å². The van der Waals surface area contributed by atoms with Crippen molar-refractivity contribution >= 4 is 23.2 Å². The van der Waals surface area contributed by atoms with Crippen LogP contribution < -0.4 is 11.1 Å². The molecule has 0 aliphatic heterocycles. The summed E-state index contributed by atoms with van der Waals surface area (Å²) in [5.74, 6) is -0.445.